The van der Waals surface area contributed by atoms with Gasteiger partial charge in [0.2, 0.25) is 0 Å². The molecule has 0 atom stereocenters. The number of guanidine groups is 1. The molecular weight excluding hydrogens is 349 g/mol. The van der Waals surface area contributed by atoms with Crippen LogP contribution < -0.4 is 10.6 Å². The van der Waals surface area contributed by atoms with E-state index in [1.165, 1.54) is 12.8 Å². The first-order valence-electron chi connectivity index (χ1n) is 8.14. The predicted molar refractivity (Wildman–Crippen MR) is 100 cm³/mol. The summed E-state index contributed by atoms with van der Waals surface area (Å²) in [6.45, 7) is 3.78. The summed E-state index contributed by atoms with van der Waals surface area (Å²) in [5.74, 6) is 2.26. The summed E-state index contributed by atoms with van der Waals surface area (Å²) in [7, 11) is 3.77. The van der Waals surface area contributed by atoms with Crippen molar-refractivity contribution in [3.05, 3.63) is 22.3 Å². The Bertz CT molecular complexity index is 551. The summed E-state index contributed by atoms with van der Waals surface area (Å²) < 4.78 is 5.66. The maximum Gasteiger partial charge on any atom is 0.193 e. The molecule has 0 aliphatic heterocycles. The van der Waals surface area contributed by atoms with Gasteiger partial charge in [-0.25, -0.2) is 4.98 Å². The van der Waals surface area contributed by atoms with Gasteiger partial charge in [-0.15, -0.1) is 0 Å². The molecule has 134 valence electrons. The van der Waals surface area contributed by atoms with Gasteiger partial charge < -0.3 is 20.3 Å². The van der Waals surface area contributed by atoms with Crippen LogP contribution in [-0.2, 0) is 4.74 Å². The molecule has 1 aromatic rings. The number of likely N-dealkylation sites (N-methyl/N-ethyl adjacent to an activating group) is 1. The number of pyridine rings is 1. The molecule has 0 spiro atoms. The highest BCUT2D eigenvalue weighted by atomic mass is 35.5. The Morgan fingerprint density at radius 3 is 2.88 bits per heavy atom. The first kappa shape index (κ1) is 19.1. The molecule has 1 aromatic heterocycles. The van der Waals surface area contributed by atoms with Gasteiger partial charge in [0, 0.05) is 46.5 Å². The fraction of sp³-hybridized carbons (Fsp3) is 0.625. The summed E-state index contributed by atoms with van der Waals surface area (Å²) in [5.41, 5.74) is 0. The number of rotatable bonds is 9. The largest absolute Gasteiger partial charge is 0.379 e. The number of nitrogens with one attached hydrogen (secondary N) is 2. The van der Waals surface area contributed by atoms with Crippen molar-refractivity contribution in [1.29, 1.82) is 0 Å². The number of hydrogen-bond acceptors (Lipinski definition) is 4. The van der Waals surface area contributed by atoms with Crippen LogP contribution in [0.15, 0.2) is 17.3 Å². The minimum atomic E-state index is 0.511. The second-order valence-electron chi connectivity index (χ2n) is 5.82. The molecular formula is C16H25Cl2N5O. The van der Waals surface area contributed by atoms with Crippen LogP contribution in [0.1, 0.15) is 12.8 Å². The average Bonchev–Trinajstić information content (AvgIpc) is 3.37. The zero-order chi connectivity index (χ0) is 17.4. The second-order valence-corrected chi connectivity index (χ2v) is 6.67. The van der Waals surface area contributed by atoms with E-state index in [0.717, 1.165) is 31.6 Å². The number of anilines is 1. The molecule has 0 saturated heterocycles. The molecule has 1 heterocycles. The Morgan fingerprint density at radius 2 is 2.21 bits per heavy atom. The molecule has 24 heavy (non-hydrogen) atoms. The number of ether oxygens (including phenoxy) is 1. The Kier molecular flexibility index (Phi) is 7.88. The fourth-order valence-electron chi connectivity index (χ4n) is 2.13. The third-order valence-corrected chi connectivity index (χ3v) is 4.20. The van der Waals surface area contributed by atoms with Gasteiger partial charge in [0.25, 0.3) is 0 Å². The molecule has 6 nitrogen and oxygen atoms in total. The number of aromatic nitrogens is 1. The molecule has 0 unspecified atom stereocenters. The Balaban J connectivity index is 1.62. The van der Waals surface area contributed by atoms with E-state index in [1.54, 1.807) is 19.3 Å². The van der Waals surface area contributed by atoms with Crippen molar-refractivity contribution in [1.82, 2.24) is 15.2 Å². The summed E-state index contributed by atoms with van der Waals surface area (Å²) in [4.78, 5) is 10.5. The Morgan fingerprint density at radius 1 is 1.42 bits per heavy atom. The minimum Gasteiger partial charge on any atom is -0.379 e. The standard InChI is InChI=1S/C16H25Cl2N5O/c1-19-16(23(2)7-8-24-11-12-3-4-12)21-6-5-20-15-14(18)9-13(17)10-22-15/h9-10,12H,3-8,11H2,1-2H3,(H,19,21)(H,20,22). The minimum absolute atomic E-state index is 0.511. The summed E-state index contributed by atoms with van der Waals surface area (Å²) in [6, 6.07) is 1.67. The van der Waals surface area contributed by atoms with Crippen molar-refractivity contribution in [2.75, 3.05) is 52.3 Å². The summed E-state index contributed by atoms with van der Waals surface area (Å²) in [5, 5.41) is 7.49. The van der Waals surface area contributed by atoms with E-state index in [4.69, 9.17) is 27.9 Å². The first-order valence-corrected chi connectivity index (χ1v) is 8.90. The summed E-state index contributed by atoms with van der Waals surface area (Å²) in [6.07, 6.45) is 4.20. The van der Waals surface area contributed by atoms with Gasteiger partial charge in [0.15, 0.2) is 5.96 Å². The lowest BCUT2D eigenvalue weighted by Crippen LogP contribution is -2.42. The second kappa shape index (κ2) is 9.91. The highest BCUT2D eigenvalue weighted by molar-refractivity contribution is 6.35. The highest BCUT2D eigenvalue weighted by Gasteiger charge is 2.21. The molecule has 0 radical (unpaired) electrons. The van der Waals surface area contributed by atoms with Gasteiger partial charge in [-0.3, -0.25) is 4.99 Å². The number of nitrogens with zero attached hydrogens (tertiary/aromatic N) is 3. The van der Waals surface area contributed by atoms with Crippen molar-refractivity contribution in [2.45, 2.75) is 12.8 Å². The quantitative estimate of drug-likeness (QED) is 0.395. The average molecular weight is 374 g/mol. The highest BCUT2D eigenvalue weighted by Crippen LogP contribution is 2.28. The number of hydrogen-bond donors (Lipinski definition) is 2. The molecule has 1 fully saturated rings. The zero-order valence-corrected chi connectivity index (χ0v) is 15.7. The van der Waals surface area contributed by atoms with E-state index in [9.17, 15) is 0 Å². The lowest BCUT2D eigenvalue weighted by molar-refractivity contribution is 0.115. The summed E-state index contributed by atoms with van der Waals surface area (Å²) >= 11 is 11.9. The van der Waals surface area contributed by atoms with E-state index in [0.29, 0.717) is 29.0 Å². The molecule has 2 rings (SSSR count). The van der Waals surface area contributed by atoms with Gasteiger partial charge in [0.05, 0.1) is 16.7 Å². The molecule has 8 heteroatoms. The van der Waals surface area contributed by atoms with E-state index < -0.39 is 0 Å². The molecule has 0 amide bonds. The van der Waals surface area contributed by atoms with Crippen LogP contribution in [0.2, 0.25) is 10.0 Å². The van der Waals surface area contributed by atoms with Gasteiger partial charge in [-0.05, 0) is 24.8 Å². The molecule has 1 aliphatic rings. The third kappa shape index (κ3) is 6.71. The van der Waals surface area contributed by atoms with Crippen LogP contribution in [-0.4, -0.2) is 62.8 Å². The lowest BCUT2D eigenvalue weighted by atomic mass is 10.4. The topological polar surface area (TPSA) is 61.8 Å². The van der Waals surface area contributed by atoms with Crippen molar-refractivity contribution in [3.8, 4) is 0 Å². The molecule has 1 aliphatic carbocycles. The van der Waals surface area contributed by atoms with Crippen LogP contribution in [0.25, 0.3) is 0 Å². The van der Waals surface area contributed by atoms with Gasteiger partial charge in [0.1, 0.15) is 5.82 Å². The zero-order valence-electron chi connectivity index (χ0n) is 14.2. The first-order chi connectivity index (χ1) is 11.6. The number of halogens is 2. The number of aliphatic imine (C=N–C) groups is 1. The van der Waals surface area contributed by atoms with Crippen LogP contribution in [0.4, 0.5) is 5.82 Å². The van der Waals surface area contributed by atoms with E-state index >= 15 is 0 Å². The van der Waals surface area contributed by atoms with Crippen LogP contribution in [0.3, 0.4) is 0 Å². The monoisotopic (exact) mass is 373 g/mol. The maximum absolute atomic E-state index is 6.07. The fourth-order valence-corrected chi connectivity index (χ4v) is 2.57. The van der Waals surface area contributed by atoms with Crippen LogP contribution in [0.5, 0.6) is 0 Å². The van der Waals surface area contributed by atoms with Crippen molar-refractivity contribution >= 4 is 35.0 Å². The predicted octanol–water partition coefficient (Wildman–Crippen LogP) is 2.73. The molecule has 0 bridgehead atoms. The Hall–Kier alpha value is -1.24. The van der Waals surface area contributed by atoms with Crippen LogP contribution in [0, 0.1) is 5.92 Å². The van der Waals surface area contributed by atoms with Crippen molar-refractivity contribution in [2.24, 2.45) is 10.9 Å². The normalized spacial score (nSPS) is 14.6. The van der Waals surface area contributed by atoms with Gasteiger partial charge >= 0.3 is 0 Å². The SMILES string of the molecule is CN=C(NCCNc1ncc(Cl)cc1Cl)N(C)CCOCC1CC1. The van der Waals surface area contributed by atoms with E-state index in [1.807, 2.05) is 7.05 Å². The van der Waals surface area contributed by atoms with E-state index in [-0.39, 0.29) is 0 Å². The molecule has 0 aromatic carbocycles. The lowest BCUT2D eigenvalue weighted by Gasteiger charge is -2.22. The Labute approximate surface area is 153 Å². The van der Waals surface area contributed by atoms with Crippen molar-refractivity contribution in [3.63, 3.8) is 0 Å². The van der Waals surface area contributed by atoms with Gasteiger partial charge in [-0.1, -0.05) is 23.2 Å². The van der Waals surface area contributed by atoms with Crippen LogP contribution >= 0.6 is 23.2 Å². The molecule has 1 saturated carbocycles. The van der Waals surface area contributed by atoms with Gasteiger partial charge in [-0.2, -0.15) is 0 Å². The van der Waals surface area contributed by atoms with E-state index in [2.05, 4.69) is 25.5 Å². The third-order valence-electron chi connectivity index (χ3n) is 3.70. The maximum atomic E-state index is 6.07. The molecule has 2 N–H and O–H groups in total. The smallest absolute Gasteiger partial charge is 0.193 e. The van der Waals surface area contributed by atoms with Crippen molar-refractivity contribution < 1.29 is 4.74 Å².